The van der Waals surface area contributed by atoms with Gasteiger partial charge in [0.2, 0.25) is 0 Å². The number of carbonyl (C=O) groups is 1. The number of piperazine rings is 1. The molecule has 0 bridgehead atoms. The zero-order valence-electron chi connectivity index (χ0n) is 17.7. The van der Waals surface area contributed by atoms with Gasteiger partial charge in [-0.15, -0.1) is 11.3 Å². The van der Waals surface area contributed by atoms with Gasteiger partial charge in [0.25, 0.3) is 5.91 Å². The van der Waals surface area contributed by atoms with E-state index in [0.29, 0.717) is 37.6 Å². The number of aromatic nitrogens is 4. The number of rotatable bonds is 3. The monoisotopic (exact) mass is 466 g/mol. The van der Waals surface area contributed by atoms with E-state index >= 15 is 0 Å². The molecular weight excluding hydrogens is 446 g/mol. The second kappa shape index (κ2) is 7.87. The molecule has 0 atom stereocenters. The molecule has 1 aliphatic carbocycles. The van der Waals surface area contributed by atoms with Gasteiger partial charge in [-0.05, 0) is 42.8 Å². The van der Waals surface area contributed by atoms with E-state index in [1.165, 1.54) is 6.07 Å². The summed E-state index contributed by atoms with van der Waals surface area (Å²) in [6.07, 6.45) is 4.01. The normalized spacial score (nSPS) is 15.9. The number of halogens is 2. The van der Waals surface area contributed by atoms with Crippen molar-refractivity contribution in [2.75, 3.05) is 31.1 Å². The summed E-state index contributed by atoms with van der Waals surface area (Å²) < 4.78 is 28.8. The minimum absolute atomic E-state index is 0.113. The molecule has 1 amide bonds. The number of nitrogens with zero attached hydrogens (tertiary/aromatic N) is 6. The van der Waals surface area contributed by atoms with Crippen LogP contribution in [0.25, 0.3) is 15.9 Å². The zero-order chi connectivity index (χ0) is 22.5. The third kappa shape index (κ3) is 3.36. The standard InChI is InChI=1S/C23H20F2N6OS/c24-17-5-4-14(12-18(17)25)31-19-3-1-2-15(19)20(28-31)23(32)30-9-7-29(8-10-30)21-16-6-11-33-22(16)27-13-26-21/h4-6,11-13H,1-3,7-10H2. The lowest BCUT2D eigenvalue weighted by Gasteiger charge is -2.35. The maximum atomic E-state index is 13.8. The largest absolute Gasteiger partial charge is 0.352 e. The lowest BCUT2D eigenvalue weighted by molar-refractivity contribution is 0.0739. The molecule has 0 saturated carbocycles. The Balaban J connectivity index is 1.24. The van der Waals surface area contributed by atoms with Crippen molar-refractivity contribution in [3.05, 3.63) is 64.6 Å². The summed E-state index contributed by atoms with van der Waals surface area (Å²) in [6.45, 7) is 2.45. The van der Waals surface area contributed by atoms with Crippen molar-refractivity contribution >= 4 is 33.3 Å². The first kappa shape index (κ1) is 20.2. The fourth-order valence-corrected chi connectivity index (χ4v) is 5.47. The Hall–Kier alpha value is -3.40. The van der Waals surface area contributed by atoms with E-state index in [0.717, 1.165) is 58.7 Å². The second-order valence-electron chi connectivity index (χ2n) is 8.25. The van der Waals surface area contributed by atoms with Crippen LogP contribution >= 0.6 is 11.3 Å². The third-order valence-corrected chi connectivity index (χ3v) is 7.21. The highest BCUT2D eigenvalue weighted by molar-refractivity contribution is 7.16. The molecule has 3 aromatic heterocycles. The van der Waals surface area contributed by atoms with Crippen molar-refractivity contribution < 1.29 is 13.6 Å². The summed E-state index contributed by atoms with van der Waals surface area (Å²) in [6, 6.07) is 5.73. The first-order chi connectivity index (χ1) is 16.1. The predicted molar refractivity (Wildman–Crippen MR) is 121 cm³/mol. The van der Waals surface area contributed by atoms with E-state index in [1.54, 1.807) is 22.3 Å². The maximum Gasteiger partial charge on any atom is 0.274 e. The SMILES string of the molecule is O=C(c1nn(-c2ccc(F)c(F)c2)c2c1CCC2)N1CCN(c2ncnc3sccc23)CC1. The molecule has 1 saturated heterocycles. The van der Waals surface area contributed by atoms with E-state index in [1.807, 2.05) is 16.3 Å². The van der Waals surface area contributed by atoms with Crippen LogP contribution in [-0.2, 0) is 12.8 Å². The zero-order valence-corrected chi connectivity index (χ0v) is 18.5. The summed E-state index contributed by atoms with van der Waals surface area (Å²) in [7, 11) is 0. The fourth-order valence-electron chi connectivity index (χ4n) is 4.74. The molecule has 7 nitrogen and oxygen atoms in total. The minimum atomic E-state index is -0.928. The Morgan fingerprint density at radius 2 is 1.85 bits per heavy atom. The summed E-state index contributed by atoms with van der Waals surface area (Å²) >= 11 is 1.58. The number of hydrogen-bond donors (Lipinski definition) is 0. The van der Waals surface area contributed by atoms with Gasteiger partial charge in [0.05, 0.1) is 11.1 Å². The van der Waals surface area contributed by atoms with Gasteiger partial charge >= 0.3 is 0 Å². The molecule has 33 heavy (non-hydrogen) atoms. The predicted octanol–water partition coefficient (Wildman–Crippen LogP) is 3.61. The summed E-state index contributed by atoms with van der Waals surface area (Å²) in [5, 5.41) is 7.60. The average molecular weight is 467 g/mol. The molecule has 168 valence electrons. The van der Waals surface area contributed by atoms with Gasteiger partial charge < -0.3 is 9.80 Å². The van der Waals surface area contributed by atoms with Crippen LogP contribution in [0.3, 0.4) is 0 Å². The molecule has 1 fully saturated rings. The number of fused-ring (bicyclic) bond motifs is 2. The van der Waals surface area contributed by atoms with Gasteiger partial charge in [-0.2, -0.15) is 5.10 Å². The molecule has 1 aromatic carbocycles. The number of thiophene rings is 1. The lowest BCUT2D eigenvalue weighted by atomic mass is 10.1. The molecule has 0 unspecified atom stereocenters. The molecule has 2 aliphatic rings. The lowest BCUT2D eigenvalue weighted by Crippen LogP contribution is -2.49. The highest BCUT2D eigenvalue weighted by Crippen LogP contribution is 2.30. The number of anilines is 1. The van der Waals surface area contributed by atoms with Crippen LogP contribution < -0.4 is 4.90 Å². The van der Waals surface area contributed by atoms with Gasteiger partial charge in [-0.25, -0.2) is 23.4 Å². The summed E-state index contributed by atoms with van der Waals surface area (Å²) in [5.74, 6) is -1.04. The van der Waals surface area contributed by atoms with Crippen LogP contribution in [0.15, 0.2) is 36.0 Å². The van der Waals surface area contributed by atoms with Crippen LogP contribution in [0.2, 0.25) is 0 Å². The van der Waals surface area contributed by atoms with E-state index in [2.05, 4.69) is 20.0 Å². The quantitative estimate of drug-likeness (QED) is 0.462. The van der Waals surface area contributed by atoms with Crippen molar-refractivity contribution in [2.45, 2.75) is 19.3 Å². The van der Waals surface area contributed by atoms with Crippen molar-refractivity contribution in [1.82, 2.24) is 24.6 Å². The van der Waals surface area contributed by atoms with Gasteiger partial charge in [0, 0.05) is 43.5 Å². The maximum absolute atomic E-state index is 13.8. The van der Waals surface area contributed by atoms with Crippen molar-refractivity contribution in [3.63, 3.8) is 0 Å². The first-order valence-electron chi connectivity index (χ1n) is 10.9. The minimum Gasteiger partial charge on any atom is -0.352 e. The number of amides is 1. The van der Waals surface area contributed by atoms with E-state index in [4.69, 9.17) is 0 Å². The second-order valence-corrected chi connectivity index (χ2v) is 9.15. The summed E-state index contributed by atoms with van der Waals surface area (Å²) in [4.78, 5) is 27.2. The molecule has 10 heteroatoms. The molecule has 0 spiro atoms. The van der Waals surface area contributed by atoms with Crippen LogP contribution in [0.1, 0.15) is 28.2 Å². The van der Waals surface area contributed by atoms with E-state index < -0.39 is 11.6 Å². The van der Waals surface area contributed by atoms with Crippen LogP contribution in [0, 0.1) is 11.6 Å². The Morgan fingerprint density at radius 1 is 1.00 bits per heavy atom. The van der Waals surface area contributed by atoms with Crippen LogP contribution in [-0.4, -0.2) is 56.7 Å². The molecule has 0 N–H and O–H groups in total. The third-order valence-electron chi connectivity index (χ3n) is 6.39. The average Bonchev–Trinajstić information content (AvgIpc) is 3.57. The first-order valence-corrected chi connectivity index (χ1v) is 11.8. The van der Waals surface area contributed by atoms with E-state index in [-0.39, 0.29) is 5.91 Å². The van der Waals surface area contributed by atoms with Gasteiger partial charge in [-0.3, -0.25) is 4.79 Å². The molecule has 0 radical (unpaired) electrons. The Labute approximate surface area is 192 Å². The van der Waals surface area contributed by atoms with Gasteiger partial charge in [-0.1, -0.05) is 0 Å². The molecule has 1 aliphatic heterocycles. The fraction of sp³-hybridized carbons (Fsp3) is 0.304. The topological polar surface area (TPSA) is 67.2 Å². The molecule has 4 heterocycles. The number of carbonyl (C=O) groups excluding carboxylic acids is 1. The Kier molecular flexibility index (Phi) is 4.83. The smallest absolute Gasteiger partial charge is 0.274 e. The van der Waals surface area contributed by atoms with Crippen molar-refractivity contribution in [1.29, 1.82) is 0 Å². The highest BCUT2D eigenvalue weighted by Gasteiger charge is 2.31. The molecular formula is C23H20F2N6OS. The number of benzene rings is 1. The molecule has 6 rings (SSSR count). The number of hydrogen-bond acceptors (Lipinski definition) is 6. The molecule has 4 aromatic rings. The van der Waals surface area contributed by atoms with Crippen LogP contribution in [0.5, 0.6) is 0 Å². The summed E-state index contributed by atoms with van der Waals surface area (Å²) in [5.41, 5.74) is 2.68. The van der Waals surface area contributed by atoms with Crippen molar-refractivity contribution in [3.8, 4) is 5.69 Å². The highest BCUT2D eigenvalue weighted by atomic mass is 32.1. The van der Waals surface area contributed by atoms with Crippen molar-refractivity contribution in [2.24, 2.45) is 0 Å². The van der Waals surface area contributed by atoms with Gasteiger partial charge in [0.1, 0.15) is 17.0 Å². The van der Waals surface area contributed by atoms with Crippen LogP contribution in [0.4, 0.5) is 14.6 Å². The Bertz CT molecular complexity index is 1370. The van der Waals surface area contributed by atoms with Gasteiger partial charge in [0.15, 0.2) is 17.3 Å². The van der Waals surface area contributed by atoms with E-state index in [9.17, 15) is 13.6 Å². The Morgan fingerprint density at radius 3 is 2.67 bits per heavy atom.